The molecule has 5 rings (SSSR count). The fourth-order valence-electron chi connectivity index (χ4n) is 10.4. The van der Waals surface area contributed by atoms with Crippen molar-refractivity contribution in [2.45, 2.75) is 112 Å². The normalized spacial score (nSPS) is 54.1. The molecule has 0 aromatic heterocycles. The molecular formula is C30H46O4. The molecule has 5 aliphatic rings. The van der Waals surface area contributed by atoms with Crippen molar-refractivity contribution < 1.29 is 19.8 Å². The van der Waals surface area contributed by atoms with Gasteiger partial charge in [-0.05, 0) is 110 Å². The van der Waals surface area contributed by atoms with E-state index in [4.69, 9.17) is 0 Å². The summed E-state index contributed by atoms with van der Waals surface area (Å²) in [6, 6.07) is 0. The number of hydrogen-bond acceptors (Lipinski definition) is 3. The van der Waals surface area contributed by atoms with Crippen LogP contribution >= 0.6 is 0 Å². The number of carboxylic acids is 1. The molecule has 4 fully saturated rings. The number of fused-ring (bicyclic) bond motifs is 7. The topological polar surface area (TPSA) is 74.6 Å². The first kappa shape index (κ1) is 24.5. The summed E-state index contributed by atoms with van der Waals surface area (Å²) in [5, 5.41) is 20.9. The molecule has 0 heterocycles. The SMILES string of the molecule is CC1(C)[C@@H](O)CC[C@@]2(C)[C@H]1CC[C@]1(C)[C@H]2C(=O)C=C2[C@@H]3C[C@@](C)(C(=O)O)CC[C@]3(C)CC[C@@]21C. The maximum absolute atomic E-state index is 14.2. The molecule has 4 saturated carbocycles. The van der Waals surface area contributed by atoms with Gasteiger partial charge in [0.05, 0.1) is 11.5 Å². The molecule has 0 radical (unpaired) electrons. The van der Waals surface area contributed by atoms with Crippen LogP contribution in [0.4, 0.5) is 0 Å². The number of rotatable bonds is 1. The number of hydrogen-bond donors (Lipinski definition) is 2. The Morgan fingerprint density at radius 2 is 1.56 bits per heavy atom. The summed E-state index contributed by atoms with van der Waals surface area (Å²) in [5.74, 6) is 0.0603. The monoisotopic (exact) mass is 470 g/mol. The fraction of sp³-hybridized carbons (Fsp3) is 0.867. The average Bonchev–Trinajstić information content (AvgIpc) is 2.73. The van der Waals surface area contributed by atoms with E-state index in [-0.39, 0.29) is 50.8 Å². The van der Waals surface area contributed by atoms with E-state index in [9.17, 15) is 19.8 Å². The lowest BCUT2D eigenvalue weighted by Gasteiger charge is -2.70. The van der Waals surface area contributed by atoms with Gasteiger partial charge in [-0.25, -0.2) is 0 Å². The lowest BCUT2D eigenvalue weighted by molar-refractivity contribution is -0.202. The van der Waals surface area contributed by atoms with Gasteiger partial charge in [-0.3, -0.25) is 9.59 Å². The molecular weight excluding hydrogens is 424 g/mol. The molecule has 4 heteroatoms. The van der Waals surface area contributed by atoms with E-state index in [1.165, 1.54) is 5.57 Å². The van der Waals surface area contributed by atoms with Crippen LogP contribution in [0, 0.1) is 50.2 Å². The molecule has 0 spiro atoms. The molecule has 0 aromatic rings. The summed E-state index contributed by atoms with van der Waals surface area (Å²) >= 11 is 0. The number of aliphatic hydroxyl groups excluding tert-OH is 1. The van der Waals surface area contributed by atoms with Gasteiger partial charge in [-0.2, -0.15) is 0 Å². The second kappa shape index (κ2) is 6.99. The van der Waals surface area contributed by atoms with E-state index >= 15 is 0 Å². The van der Waals surface area contributed by atoms with Gasteiger partial charge < -0.3 is 10.2 Å². The van der Waals surface area contributed by atoms with Crippen LogP contribution in [0.1, 0.15) is 106 Å². The summed E-state index contributed by atoms with van der Waals surface area (Å²) in [7, 11) is 0. The Bertz CT molecular complexity index is 965. The molecule has 0 unspecified atom stereocenters. The van der Waals surface area contributed by atoms with Crippen LogP contribution in [-0.2, 0) is 9.59 Å². The highest BCUT2D eigenvalue weighted by atomic mass is 16.4. The van der Waals surface area contributed by atoms with Gasteiger partial charge >= 0.3 is 5.97 Å². The van der Waals surface area contributed by atoms with Crippen LogP contribution in [0.15, 0.2) is 11.6 Å². The van der Waals surface area contributed by atoms with E-state index in [0.29, 0.717) is 12.3 Å². The third kappa shape index (κ3) is 2.81. The quantitative estimate of drug-likeness (QED) is 0.464. The molecule has 2 N–H and O–H groups in total. The van der Waals surface area contributed by atoms with Gasteiger partial charge in [-0.1, -0.05) is 47.1 Å². The first-order valence-corrected chi connectivity index (χ1v) is 13.7. The number of aliphatic carboxylic acids is 1. The molecule has 5 aliphatic carbocycles. The fourth-order valence-corrected chi connectivity index (χ4v) is 10.4. The zero-order valence-corrected chi connectivity index (χ0v) is 22.5. The largest absolute Gasteiger partial charge is 0.481 e. The number of carbonyl (C=O) groups is 2. The maximum Gasteiger partial charge on any atom is 0.309 e. The Morgan fingerprint density at radius 3 is 2.21 bits per heavy atom. The second-order valence-electron chi connectivity index (χ2n) is 14.9. The predicted molar refractivity (Wildman–Crippen MR) is 133 cm³/mol. The lowest BCUT2D eigenvalue weighted by atomic mass is 9.33. The third-order valence-corrected chi connectivity index (χ3v) is 13.1. The summed E-state index contributed by atoms with van der Waals surface area (Å²) < 4.78 is 0. The minimum Gasteiger partial charge on any atom is -0.481 e. The van der Waals surface area contributed by atoms with Crippen LogP contribution in [0.25, 0.3) is 0 Å². The molecule has 0 amide bonds. The maximum atomic E-state index is 14.2. The van der Waals surface area contributed by atoms with Crippen LogP contribution in [0.2, 0.25) is 0 Å². The molecule has 0 aromatic carbocycles. The highest BCUT2D eigenvalue weighted by molar-refractivity contribution is 5.95. The average molecular weight is 471 g/mol. The van der Waals surface area contributed by atoms with Crippen molar-refractivity contribution in [3.8, 4) is 0 Å². The van der Waals surface area contributed by atoms with Crippen molar-refractivity contribution >= 4 is 11.8 Å². The summed E-state index contributed by atoms with van der Waals surface area (Å²) in [4.78, 5) is 26.4. The van der Waals surface area contributed by atoms with Crippen molar-refractivity contribution in [1.82, 2.24) is 0 Å². The Balaban J connectivity index is 1.62. The number of aliphatic hydroxyl groups is 1. The van der Waals surface area contributed by atoms with Gasteiger partial charge in [0.25, 0.3) is 0 Å². The van der Waals surface area contributed by atoms with E-state index in [1.54, 1.807) is 0 Å². The Labute approximate surface area is 206 Å². The first-order chi connectivity index (χ1) is 15.6. The number of carbonyl (C=O) groups excluding carboxylic acids is 1. The molecule has 9 atom stereocenters. The molecule has 0 saturated heterocycles. The molecule has 0 bridgehead atoms. The minimum absolute atomic E-state index is 0.0296. The number of allylic oxidation sites excluding steroid dienone is 2. The van der Waals surface area contributed by atoms with Gasteiger partial charge in [0.15, 0.2) is 5.78 Å². The smallest absolute Gasteiger partial charge is 0.309 e. The second-order valence-corrected chi connectivity index (χ2v) is 14.9. The van der Waals surface area contributed by atoms with Gasteiger partial charge in [0.1, 0.15) is 0 Å². The van der Waals surface area contributed by atoms with Crippen molar-refractivity contribution in [1.29, 1.82) is 0 Å². The van der Waals surface area contributed by atoms with E-state index < -0.39 is 11.4 Å². The van der Waals surface area contributed by atoms with Crippen molar-refractivity contribution in [3.63, 3.8) is 0 Å². The summed E-state index contributed by atoms with van der Waals surface area (Å²) in [6.45, 7) is 15.8. The van der Waals surface area contributed by atoms with Gasteiger partial charge in [0.2, 0.25) is 0 Å². The van der Waals surface area contributed by atoms with Crippen molar-refractivity contribution in [3.05, 3.63) is 11.6 Å². The zero-order valence-electron chi connectivity index (χ0n) is 22.5. The minimum atomic E-state index is -0.711. The molecule has 34 heavy (non-hydrogen) atoms. The lowest BCUT2D eigenvalue weighted by Crippen LogP contribution is -2.66. The predicted octanol–water partition coefficient (Wildman–Crippen LogP) is 6.41. The van der Waals surface area contributed by atoms with E-state index in [2.05, 4.69) is 41.5 Å². The molecule has 4 nitrogen and oxygen atoms in total. The Kier molecular flexibility index (Phi) is 5.04. The Morgan fingerprint density at radius 1 is 0.912 bits per heavy atom. The van der Waals surface area contributed by atoms with Crippen LogP contribution in [0.5, 0.6) is 0 Å². The van der Waals surface area contributed by atoms with Crippen LogP contribution in [-0.4, -0.2) is 28.1 Å². The zero-order chi connectivity index (χ0) is 25.1. The van der Waals surface area contributed by atoms with Crippen molar-refractivity contribution in [2.24, 2.45) is 50.2 Å². The highest BCUT2D eigenvalue weighted by Gasteiger charge is 2.70. The summed E-state index contributed by atoms with van der Waals surface area (Å²) in [6.07, 6.45) is 9.95. The standard InChI is InChI=1S/C30H46O4/c1-25(2)21-8-11-30(7)23(28(21,5)10-9-22(25)32)20(31)16-18-19-17-27(4,24(33)34)13-12-26(19,3)14-15-29(18,30)6/h16,19,21-23,32H,8-15,17H2,1-7H3,(H,33,34)/t19-,21-,22-,23-,26+,27-,28-,29-,30+/m0/s1. The number of ketones is 1. The summed E-state index contributed by atoms with van der Waals surface area (Å²) in [5.41, 5.74) is 0.142. The van der Waals surface area contributed by atoms with Gasteiger partial charge in [-0.15, -0.1) is 0 Å². The molecule has 0 aliphatic heterocycles. The molecule has 190 valence electrons. The van der Waals surface area contributed by atoms with Crippen LogP contribution in [0.3, 0.4) is 0 Å². The number of carboxylic acid groups (broad SMARTS) is 1. The van der Waals surface area contributed by atoms with E-state index in [0.717, 1.165) is 51.4 Å². The third-order valence-electron chi connectivity index (χ3n) is 13.1. The van der Waals surface area contributed by atoms with Crippen LogP contribution < -0.4 is 0 Å². The van der Waals surface area contributed by atoms with E-state index in [1.807, 2.05) is 13.0 Å². The highest BCUT2D eigenvalue weighted by Crippen LogP contribution is 2.75. The van der Waals surface area contributed by atoms with Crippen molar-refractivity contribution in [2.75, 3.05) is 0 Å². The Hall–Kier alpha value is -1.16. The first-order valence-electron chi connectivity index (χ1n) is 13.7. The van der Waals surface area contributed by atoms with Gasteiger partial charge in [0, 0.05) is 5.92 Å².